The first kappa shape index (κ1) is 15.1. The maximum Gasteiger partial charge on any atom is 0.333 e. The van der Waals surface area contributed by atoms with Crippen molar-refractivity contribution >= 4 is 23.3 Å². The zero-order valence-corrected chi connectivity index (χ0v) is 11.6. The van der Waals surface area contributed by atoms with Gasteiger partial charge in [-0.2, -0.15) is 5.26 Å². The Kier molecular flexibility index (Phi) is 5.91. The Morgan fingerprint density at radius 3 is 2.84 bits per heavy atom. The van der Waals surface area contributed by atoms with Crippen molar-refractivity contribution in [1.82, 2.24) is 0 Å². The smallest absolute Gasteiger partial charge is 0.333 e. The van der Waals surface area contributed by atoms with Crippen molar-refractivity contribution in [3.63, 3.8) is 0 Å². The Balaban J connectivity index is 2.67. The minimum Gasteiger partial charge on any atom is -0.466 e. The average molecular weight is 279 g/mol. The predicted octanol–water partition coefficient (Wildman–Crippen LogP) is 3.13. The van der Waals surface area contributed by atoms with Gasteiger partial charge in [0.1, 0.15) is 6.07 Å². The first-order valence-corrected chi connectivity index (χ1v) is 6.21. The van der Waals surface area contributed by atoms with Gasteiger partial charge >= 0.3 is 5.97 Å². The third-order valence-corrected chi connectivity index (χ3v) is 2.89. The zero-order valence-electron chi connectivity index (χ0n) is 10.9. The first-order chi connectivity index (χ1) is 9.12. The molecule has 5 heteroatoms. The number of nitrogens with zero attached hydrogens (tertiary/aromatic N) is 1. The number of benzene rings is 1. The highest BCUT2D eigenvalue weighted by atomic mass is 35.5. The number of hydrogen-bond donors (Lipinski definition) is 1. The Hall–Kier alpha value is -1.99. The second kappa shape index (κ2) is 7.45. The maximum atomic E-state index is 11.3. The molecule has 1 aromatic carbocycles. The molecule has 0 saturated heterocycles. The van der Waals surface area contributed by atoms with Gasteiger partial charge < -0.3 is 10.1 Å². The molecule has 19 heavy (non-hydrogen) atoms. The lowest BCUT2D eigenvalue weighted by Gasteiger charge is -2.06. The number of nitrogens with one attached hydrogen (secondary N) is 1. The van der Waals surface area contributed by atoms with Gasteiger partial charge in [0.05, 0.1) is 17.7 Å². The van der Waals surface area contributed by atoms with Crippen molar-refractivity contribution in [2.75, 3.05) is 19.0 Å². The molecule has 4 nitrogen and oxygen atoms in total. The fourth-order valence-corrected chi connectivity index (χ4v) is 1.73. The van der Waals surface area contributed by atoms with Crippen LogP contribution in [-0.4, -0.2) is 19.6 Å². The summed E-state index contributed by atoms with van der Waals surface area (Å²) in [6.45, 7) is 2.38. The van der Waals surface area contributed by atoms with E-state index in [0.717, 1.165) is 5.69 Å². The second-order valence-electron chi connectivity index (χ2n) is 3.76. The molecule has 0 atom stereocenters. The molecule has 0 aliphatic rings. The monoisotopic (exact) mass is 278 g/mol. The quantitative estimate of drug-likeness (QED) is 0.664. The number of halogens is 1. The molecular formula is C14H15ClN2O2. The Morgan fingerprint density at radius 1 is 1.58 bits per heavy atom. The Morgan fingerprint density at radius 2 is 2.32 bits per heavy atom. The molecule has 0 spiro atoms. The second-order valence-corrected chi connectivity index (χ2v) is 4.17. The molecule has 0 heterocycles. The topological polar surface area (TPSA) is 62.1 Å². The minimum absolute atomic E-state index is 0.317. The third-order valence-electron chi connectivity index (χ3n) is 2.57. The molecule has 0 amide bonds. The van der Waals surface area contributed by atoms with Gasteiger partial charge in [-0.25, -0.2) is 4.79 Å². The van der Waals surface area contributed by atoms with E-state index < -0.39 is 0 Å². The summed E-state index contributed by atoms with van der Waals surface area (Å²) < 4.78 is 4.66. The van der Waals surface area contributed by atoms with Crippen LogP contribution in [0.5, 0.6) is 0 Å². The van der Waals surface area contributed by atoms with Gasteiger partial charge in [-0.3, -0.25) is 0 Å². The van der Waals surface area contributed by atoms with Crippen molar-refractivity contribution < 1.29 is 9.53 Å². The molecular weight excluding hydrogens is 264 g/mol. The number of anilines is 1. The fraction of sp³-hybridized carbons (Fsp3) is 0.286. The van der Waals surface area contributed by atoms with Crippen LogP contribution in [-0.2, 0) is 9.53 Å². The van der Waals surface area contributed by atoms with Gasteiger partial charge in [0.2, 0.25) is 0 Å². The van der Waals surface area contributed by atoms with E-state index in [1.807, 2.05) is 13.0 Å². The fourth-order valence-electron chi connectivity index (χ4n) is 1.51. The highest BCUT2D eigenvalue weighted by molar-refractivity contribution is 6.32. The summed E-state index contributed by atoms with van der Waals surface area (Å²) in [7, 11) is 1.36. The van der Waals surface area contributed by atoms with E-state index in [0.29, 0.717) is 29.1 Å². The number of methoxy groups -OCH3 is 1. The number of carbonyl (C=O) groups is 1. The van der Waals surface area contributed by atoms with Crippen molar-refractivity contribution in [1.29, 1.82) is 5.26 Å². The van der Waals surface area contributed by atoms with Gasteiger partial charge in [-0.15, -0.1) is 0 Å². The predicted molar refractivity (Wildman–Crippen MR) is 75.0 cm³/mol. The number of nitriles is 1. The summed E-state index contributed by atoms with van der Waals surface area (Å²) in [6.07, 6.45) is 2.39. The molecule has 100 valence electrons. The van der Waals surface area contributed by atoms with E-state index in [-0.39, 0.29) is 5.97 Å². The van der Waals surface area contributed by atoms with Gasteiger partial charge in [0.25, 0.3) is 0 Å². The number of rotatable bonds is 5. The van der Waals surface area contributed by atoms with E-state index in [1.54, 1.807) is 24.3 Å². The molecule has 0 aromatic heterocycles. The maximum absolute atomic E-state index is 11.3. The van der Waals surface area contributed by atoms with Gasteiger partial charge in [0.15, 0.2) is 0 Å². The van der Waals surface area contributed by atoms with Crippen molar-refractivity contribution in [3.8, 4) is 6.07 Å². The summed E-state index contributed by atoms with van der Waals surface area (Å²) in [5, 5.41) is 12.3. The van der Waals surface area contributed by atoms with Crippen molar-refractivity contribution in [3.05, 3.63) is 40.4 Å². The average Bonchev–Trinajstić information content (AvgIpc) is 2.43. The number of hydrogen-bond acceptors (Lipinski definition) is 4. The number of ether oxygens (including phenoxy) is 1. The number of carbonyl (C=O) groups excluding carboxylic acids is 1. The van der Waals surface area contributed by atoms with Gasteiger partial charge in [-0.05, 0) is 24.6 Å². The van der Waals surface area contributed by atoms with Crippen LogP contribution in [0.15, 0.2) is 29.8 Å². The van der Waals surface area contributed by atoms with Crippen LogP contribution in [0.25, 0.3) is 0 Å². The normalized spacial score (nSPS) is 10.7. The van der Waals surface area contributed by atoms with Crippen LogP contribution in [0.3, 0.4) is 0 Å². The van der Waals surface area contributed by atoms with Crippen LogP contribution in [0.2, 0.25) is 5.02 Å². The summed E-state index contributed by atoms with van der Waals surface area (Å²) in [6, 6.07) is 7.09. The molecule has 0 aliphatic heterocycles. The standard InChI is InChI=1S/C14H15ClN2O2/c1-3-10(14(18)19-2)6-7-17-12-5-4-11(9-16)13(15)8-12/h4-6,8,17H,3,7H2,1-2H3/b10-6-. The van der Waals surface area contributed by atoms with Gasteiger partial charge in [0, 0.05) is 17.8 Å². The Bertz CT molecular complexity index is 533. The molecule has 0 bridgehead atoms. The Labute approximate surface area is 117 Å². The summed E-state index contributed by atoms with van der Waals surface area (Å²) in [5.41, 5.74) is 1.85. The van der Waals surface area contributed by atoms with Crippen molar-refractivity contribution in [2.45, 2.75) is 13.3 Å². The molecule has 1 rings (SSSR count). The SMILES string of the molecule is CC/C(=C/CNc1ccc(C#N)c(Cl)c1)C(=O)OC. The molecule has 1 N–H and O–H groups in total. The lowest BCUT2D eigenvalue weighted by molar-refractivity contribution is -0.136. The van der Waals surface area contributed by atoms with Crippen LogP contribution in [0.4, 0.5) is 5.69 Å². The third kappa shape index (κ3) is 4.31. The van der Waals surface area contributed by atoms with E-state index in [4.69, 9.17) is 16.9 Å². The summed E-state index contributed by atoms with van der Waals surface area (Å²) >= 11 is 5.92. The van der Waals surface area contributed by atoms with Crippen LogP contribution in [0, 0.1) is 11.3 Å². The first-order valence-electron chi connectivity index (χ1n) is 5.83. The van der Waals surface area contributed by atoms with Crippen LogP contribution < -0.4 is 5.32 Å². The molecule has 1 aromatic rings. The highest BCUT2D eigenvalue weighted by Crippen LogP contribution is 2.20. The lowest BCUT2D eigenvalue weighted by Crippen LogP contribution is -2.07. The molecule has 0 saturated carbocycles. The lowest BCUT2D eigenvalue weighted by atomic mass is 10.2. The summed E-state index contributed by atoms with van der Waals surface area (Å²) in [4.78, 5) is 11.3. The van der Waals surface area contributed by atoms with E-state index in [9.17, 15) is 4.79 Å². The largest absolute Gasteiger partial charge is 0.466 e. The zero-order chi connectivity index (χ0) is 14.3. The van der Waals surface area contributed by atoms with E-state index >= 15 is 0 Å². The van der Waals surface area contributed by atoms with Crippen molar-refractivity contribution in [2.24, 2.45) is 0 Å². The molecule has 0 fully saturated rings. The molecule has 0 aliphatic carbocycles. The van der Waals surface area contributed by atoms with E-state index in [1.165, 1.54) is 7.11 Å². The van der Waals surface area contributed by atoms with Crippen LogP contribution >= 0.6 is 11.6 Å². The highest BCUT2D eigenvalue weighted by Gasteiger charge is 2.06. The molecule has 0 unspecified atom stereocenters. The summed E-state index contributed by atoms with van der Waals surface area (Å²) in [5.74, 6) is -0.317. The van der Waals surface area contributed by atoms with Crippen LogP contribution in [0.1, 0.15) is 18.9 Å². The van der Waals surface area contributed by atoms with Gasteiger partial charge in [-0.1, -0.05) is 24.6 Å². The minimum atomic E-state index is -0.317. The molecule has 0 radical (unpaired) electrons. The number of esters is 1. The van der Waals surface area contributed by atoms with E-state index in [2.05, 4.69) is 10.1 Å².